The molecule has 0 bridgehead atoms. The van der Waals surface area contributed by atoms with Crippen LogP contribution in [0.4, 0.5) is 0 Å². The molecule has 3 unspecified atom stereocenters. The van der Waals surface area contributed by atoms with Gasteiger partial charge in [0.2, 0.25) is 0 Å². The van der Waals surface area contributed by atoms with E-state index in [0.29, 0.717) is 12.8 Å². The Labute approximate surface area is 251 Å². The van der Waals surface area contributed by atoms with Gasteiger partial charge in [-0.2, -0.15) is 0 Å². The first-order valence-electron chi connectivity index (χ1n) is 15.0. The molecule has 0 heterocycles. The standard InChI is InChI=1S/C30H52NO10P/c1-3-5-7-9-10-11-12-13-14-15-16-18-20-22-29(33)41-26(23-38-28(32)21-19-17-8-6-4-2)24-39-42(36,37)40-25-27(31)30(34)35/h5,7,10-11,13-14,26-27H,3-4,6,8-9,12,15-25,31H2,1-2H3,(H,34,35)(H,36,37)/b7-5-,11-10-,14-13-. The zero-order valence-electron chi connectivity index (χ0n) is 25.3. The zero-order valence-corrected chi connectivity index (χ0v) is 26.2. The summed E-state index contributed by atoms with van der Waals surface area (Å²) in [6.45, 7) is 2.49. The maximum atomic E-state index is 12.4. The molecule has 242 valence electrons. The van der Waals surface area contributed by atoms with Crippen LogP contribution in [0, 0.1) is 0 Å². The number of nitrogens with two attached hydrogens (primary N) is 1. The molecular weight excluding hydrogens is 565 g/mol. The first-order valence-corrected chi connectivity index (χ1v) is 16.5. The predicted molar refractivity (Wildman–Crippen MR) is 162 cm³/mol. The average Bonchev–Trinajstić information content (AvgIpc) is 2.95. The second kappa shape index (κ2) is 26.3. The van der Waals surface area contributed by atoms with E-state index < -0.39 is 51.1 Å². The molecule has 0 aromatic carbocycles. The fourth-order valence-corrected chi connectivity index (χ4v) is 4.27. The lowest BCUT2D eigenvalue weighted by Gasteiger charge is -2.20. The Morgan fingerprint density at radius 2 is 1.33 bits per heavy atom. The molecule has 0 radical (unpaired) electrons. The smallest absolute Gasteiger partial charge is 0.472 e. The molecule has 0 aliphatic heterocycles. The van der Waals surface area contributed by atoms with E-state index in [1.165, 1.54) is 0 Å². The first kappa shape index (κ1) is 39.7. The van der Waals surface area contributed by atoms with Crippen molar-refractivity contribution in [2.75, 3.05) is 19.8 Å². The Bertz CT molecular complexity index is 874. The number of phosphoric acid groups is 1. The van der Waals surface area contributed by atoms with Crippen LogP contribution in [0.3, 0.4) is 0 Å². The average molecular weight is 618 g/mol. The van der Waals surface area contributed by atoms with Gasteiger partial charge < -0.3 is 25.2 Å². The van der Waals surface area contributed by atoms with Gasteiger partial charge in [0.15, 0.2) is 6.10 Å². The number of esters is 2. The van der Waals surface area contributed by atoms with Crippen LogP contribution in [-0.2, 0) is 37.5 Å². The maximum Gasteiger partial charge on any atom is 0.472 e. The molecule has 0 fully saturated rings. The lowest BCUT2D eigenvalue weighted by molar-refractivity contribution is -0.161. The molecule has 0 aliphatic rings. The third-order valence-electron chi connectivity index (χ3n) is 5.90. The van der Waals surface area contributed by atoms with E-state index in [1.54, 1.807) is 0 Å². The number of aliphatic carboxylic acids is 1. The summed E-state index contributed by atoms with van der Waals surface area (Å²) in [6, 6.07) is -1.52. The third kappa shape index (κ3) is 25.4. The second-order valence-electron chi connectivity index (χ2n) is 9.86. The van der Waals surface area contributed by atoms with Crippen molar-refractivity contribution < 1.29 is 47.5 Å². The molecule has 0 spiro atoms. The molecule has 0 saturated carbocycles. The minimum absolute atomic E-state index is 0.125. The summed E-state index contributed by atoms with van der Waals surface area (Å²) in [5.74, 6) is -2.44. The molecule has 11 nitrogen and oxygen atoms in total. The number of carbonyl (C=O) groups is 3. The van der Waals surface area contributed by atoms with Gasteiger partial charge in [-0.05, 0) is 44.9 Å². The van der Waals surface area contributed by atoms with E-state index in [4.69, 9.17) is 24.8 Å². The van der Waals surface area contributed by atoms with Crippen LogP contribution in [0.1, 0.15) is 104 Å². The largest absolute Gasteiger partial charge is 0.480 e. The zero-order chi connectivity index (χ0) is 31.5. The van der Waals surface area contributed by atoms with Crippen LogP contribution in [0.5, 0.6) is 0 Å². The number of ether oxygens (including phenoxy) is 2. The molecular formula is C30H52NO10P. The van der Waals surface area contributed by atoms with Gasteiger partial charge in [0, 0.05) is 12.8 Å². The third-order valence-corrected chi connectivity index (χ3v) is 6.85. The van der Waals surface area contributed by atoms with Gasteiger partial charge in [-0.3, -0.25) is 23.4 Å². The number of hydrogen-bond acceptors (Lipinski definition) is 9. The van der Waals surface area contributed by atoms with E-state index in [9.17, 15) is 23.8 Å². The fraction of sp³-hybridized carbons (Fsp3) is 0.700. The van der Waals surface area contributed by atoms with Crippen molar-refractivity contribution >= 4 is 25.7 Å². The van der Waals surface area contributed by atoms with Crippen molar-refractivity contribution in [3.63, 3.8) is 0 Å². The number of carboxylic acid groups (broad SMARTS) is 1. The SMILES string of the molecule is CC/C=C\C/C=C\C/C=C\CCCCCC(=O)OC(COC(=O)CCCCCCC)COP(=O)(O)OCC(N)C(=O)O. The number of unbranched alkanes of at least 4 members (excludes halogenated alkanes) is 7. The van der Waals surface area contributed by atoms with Gasteiger partial charge in [0.25, 0.3) is 0 Å². The summed E-state index contributed by atoms with van der Waals surface area (Å²) in [7, 11) is -4.70. The maximum absolute atomic E-state index is 12.4. The summed E-state index contributed by atoms with van der Waals surface area (Å²) in [6.07, 6.45) is 22.9. The Morgan fingerprint density at radius 1 is 0.762 bits per heavy atom. The fourth-order valence-electron chi connectivity index (χ4n) is 3.49. The highest BCUT2D eigenvalue weighted by molar-refractivity contribution is 7.47. The van der Waals surface area contributed by atoms with Gasteiger partial charge in [0.05, 0.1) is 13.2 Å². The highest BCUT2D eigenvalue weighted by Gasteiger charge is 2.28. The van der Waals surface area contributed by atoms with Crippen molar-refractivity contribution in [2.24, 2.45) is 5.73 Å². The molecule has 3 atom stereocenters. The number of carboxylic acids is 1. The van der Waals surface area contributed by atoms with Gasteiger partial charge in [-0.15, -0.1) is 0 Å². The first-order chi connectivity index (χ1) is 20.1. The quantitative estimate of drug-likeness (QED) is 0.0417. The van der Waals surface area contributed by atoms with Gasteiger partial charge >= 0.3 is 25.7 Å². The normalized spacial score (nSPS) is 14.8. The molecule has 4 N–H and O–H groups in total. The lowest BCUT2D eigenvalue weighted by Crippen LogP contribution is -2.34. The molecule has 12 heteroatoms. The van der Waals surface area contributed by atoms with E-state index in [0.717, 1.165) is 64.2 Å². The minimum Gasteiger partial charge on any atom is -0.480 e. The predicted octanol–water partition coefficient (Wildman–Crippen LogP) is 6.16. The molecule has 0 saturated heterocycles. The monoisotopic (exact) mass is 617 g/mol. The van der Waals surface area contributed by atoms with Crippen molar-refractivity contribution in [2.45, 2.75) is 116 Å². The lowest BCUT2D eigenvalue weighted by atomic mass is 10.1. The molecule has 0 aromatic rings. The number of hydrogen-bond donors (Lipinski definition) is 3. The molecule has 0 aliphatic carbocycles. The van der Waals surface area contributed by atoms with Crippen molar-refractivity contribution in [1.29, 1.82) is 0 Å². The number of allylic oxidation sites excluding steroid dienone is 6. The van der Waals surface area contributed by atoms with E-state index in [2.05, 4.69) is 54.8 Å². The molecule has 0 amide bonds. The summed E-state index contributed by atoms with van der Waals surface area (Å²) < 4.78 is 32.1. The Hall–Kier alpha value is -2.30. The number of carbonyl (C=O) groups excluding carboxylic acids is 2. The summed E-state index contributed by atoms with van der Waals surface area (Å²) in [5, 5.41) is 8.78. The summed E-state index contributed by atoms with van der Waals surface area (Å²) in [4.78, 5) is 45.1. The summed E-state index contributed by atoms with van der Waals surface area (Å²) in [5.41, 5.74) is 5.27. The van der Waals surface area contributed by atoms with Gasteiger partial charge in [-0.1, -0.05) is 82.4 Å². The Balaban J connectivity index is 4.57. The minimum atomic E-state index is -4.70. The van der Waals surface area contributed by atoms with Crippen LogP contribution in [0.15, 0.2) is 36.5 Å². The number of phosphoric ester groups is 1. The van der Waals surface area contributed by atoms with Gasteiger partial charge in [0.1, 0.15) is 12.6 Å². The summed E-state index contributed by atoms with van der Waals surface area (Å²) >= 11 is 0. The number of rotatable bonds is 27. The van der Waals surface area contributed by atoms with Crippen LogP contribution in [0.2, 0.25) is 0 Å². The Morgan fingerprint density at radius 3 is 1.98 bits per heavy atom. The van der Waals surface area contributed by atoms with Crippen LogP contribution >= 0.6 is 7.82 Å². The van der Waals surface area contributed by atoms with Crippen LogP contribution in [-0.4, -0.2) is 59.9 Å². The van der Waals surface area contributed by atoms with Crippen molar-refractivity contribution in [3.8, 4) is 0 Å². The van der Waals surface area contributed by atoms with Crippen LogP contribution in [0.25, 0.3) is 0 Å². The second-order valence-corrected chi connectivity index (χ2v) is 11.3. The van der Waals surface area contributed by atoms with Crippen LogP contribution < -0.4 is 5.73 Å². The Kier molecular flexibility index (Phi) is 24.9. The molecule has 42 heavy (non-hydrogen) atoms. The van der Waals surface area contributed by atoms with E-state index in [1.807, 2.05) is 0 Å². The highest BCUT2D eigenvalue weighted by Crippen LogP contribution is 2.43. The van der Waals surface area contributed by atoms with Crippen molar-refractivity contribution in [1.82, 2.24) is 0 Å². The van der Waals surface area contributed by atoms with E-state index in [-0.39, 0.29) is 19.4 Å². The molecule has 0 aromatic heterocycles. The van der Waals surface area contributed by atoms with Crippen molar-refractivity contribution in [3.05, 3.63) is 36.5 Å². The van der Waals surface area contributed by atoms with E-state index >= 15 is 0 Å². The van der Waals surface area contributed by atoms with Gasteiger partial charge in [-0.25, -0.2) is 4.57 Å². The highest BCUT2D eigenvalue weighted by atomic mass is 31.2. The molecule has 0 rings (SSSR count). The topological polar surface area (TPSA) is 172 Å².